The normalized spacial score (nSPS) is 25.6. The highest BCUT2D eigenvalue weighted by Gasteiger charge is 2.40. The highest BCUT2D eigenvalue weighted by molar-refractivity contribution is 6.43. The standard InChI is InChI=1S/C25H31B4N3O5/c26-20-13-37-25(28,29)24(27)32(20)10-14-4-6-15(7-5-14)12-36-19-3-1-2-16-17(19)11-31(23(16)35)18-8-9-21(33)30-22(18)34/h1-7,18,20,24H,8-13,26-29H2,(H,30,33,34). The van der Waals surface area contributed by atoms with Gasteiger partial charge in [-0.15, -0.1) is 0 Å². The molecule has 2 saturated heterocycles. The van der Waals surface area contributed by atoms with E-state index in [1.54, 1.807) is 17.0 Å². The monoisotopic (exact) mass is 497 g/mol. The minimum atomic E-state index is -0.638. The Morgan fingerprint density at radius 3 is 2.51 bits per heavy atom. The number of carbonyl (C=O) groups excluding carboxylic acids is 3. The van der Waals surface area contributed by atoms with Crippen molar-refractivity contribution in [3.8, 4) is 5.75 Å². The molecule has 0 saturated carbocycles. The molecular weight excluding hydrogens is 466 g/mol. The smallest absolute Gasteiger partial charge is 0.255 e. The Hall–Kier alpha value is -2.97. The van der Waals surface area contributed by atoms with E-state index in [0.717, 1.165) is 24.3 Å². The van der Waals surface area contributed by atoms with Crippen molar-refractivity contribution in [2.75, 3.05) is 6.61 Å². The van der Waals surface area contributed by atoms with Gasteiger partial charge in [0.2, 0.25) is 11.8 Å². The van der Waals surface area contributed by atoms with Crippen molar-refractivity contribution in [2.45, 2.75) is 55.9 Å². The van der Waals surface area contributed by atoms with Crippen molar-refractivity contribution in [2.24, 2.45) is 0 Å². The molecule has 0 bridgehead atoms. The van der Waals surface area contributed by atoms with Gasteiger partial charge >= 0.3 is 0 Å². The third kappa shape index (κ3) is 5.09. The molecule has 2 fully saturated rings. The number of imide groups is 1. The lowest BCUT2D eigenvalue weighted by atomic mass is 9.53. The molecule has 2 aromatic rings. The van der Waals surface area contributed by atoms with E-state index >= 15 is 0 Å². The molecule has 3 amide bonds. The molecule has 12 heteroatoms. The zero-order chi connectivity index (χ0) is 26.3. The van der Waals surface area contributed by atoms with Gasteiger partial charge in [-0.1, -0.05) is 30.3 Å². The van der Waals surface area contributed by atoms with Crippen LogP contribution in [0.4, 0.5) is 0 Å². The first-order valence-corrected chi connectivity index (χ1v) is 13.0. The molecule has 3 unspecified atom stereocenters. The zero-order valence-corrected chi connectivity index (χ0v) is 22.0. The van der Waals surface area contributed by atoms with Crippen LogP contribution in [0.1, 0.15) is 39.9 Å². The SMILES string of the molecule is BC1COC(B)(B)C(B)N1Cc1ccc(COc2cccc3c2CN(C2CCC(=O)NC2=O)C3=O)cc1. The Labute approximate surface area is 221 Å². The van der Waals surface area contributed by atoms with E-state index < -0.39 is 11.9 Å². The van der Waals surface area contributed by atoms with E-state index in [0.29, 0.717) is 42.8 Å². The van der Waals surface area contributed by atoms with Gasteiger partial charge in [0.1, 0.15) is 49.8 Å². The van der Waals surface area contributed by atoms with Gasteiger partial charge < -0.3 is 19.3 Å². The molecular formula is C25H31B4N3O5. The summed E-state index contributed by atoms with van der Waals surface area (Å²) in [6.45, 7) is 2.26. The number of fused-ring (bicyclic) bond motifs is 1. The highest BCUT2D eigenvalue weighted by Crippen LogP contribution is 2.34. The molecule has 3 heterocycles. The Kier molecular flexibility index (Phi) is 6.98. The number of rotatable bonds is 6. The molecule has 3 atom stereocenters. The fraction of sp³-hybridized carbons (Fsp3) is 0.400. The van der Waals surface area contributed by atoms with Crippen LogP contribution in [0.25, 0.3) is 0 Å². The van der Waals surface area contributed by atoms with Crippen LogP contribution in [0.3, 0.4) is 0 Å². The summed E-state index contributed by atoms with van der Waals surface area (Å²) in [6.07, 6.45) is 0.573. The molecule has 0 spiro atoms. The van der Waals surface area contributed by atoms with Crippen molar-refractivity contribution in [3.05, 3.63) is 64.7 Å². The quantitative estimate of drug-likeness (QED) is 0.357. The van der Waals surface area contributed by atoms with E-state index in [2.05, 4.69) is 65.9 Å². The lowest BCUT2D eigenvalue weighted by molar-refractivity contribution is -0.136. The van der Waals surface area contributed by atoms with Crippen molar-refractivity contribution >= 4 is 49.1 Å². The average Bonchev–Trinajstić information content (AvgIpc) is 3.21. The number of piperidine rings is 1. The number of benzene rings is 2. The number of nitrogens with zero attached hydrogens (tertiary/aromatic N) is 2. The number of amides is 3. The van der Waals surface area contributed by atoms with E-state index in [9.17, 15) is 14.4 Å². The van der Waals surface area contributed by atoms with Gasteiger partial charge in [0.25, 0.3) is 5.91 Å². The van der Waals surface area contributed by atoms with Gasteiger partial charge in [0.05, 0.1) is 13.2 Å². The van der Waals surface area contributed by atoms with Gasteiger partial charge in [0.15, 0.2) is 0 Å². The van der Waals surface area contributed by atoms with Crippen LogP contribution < -0.4 is 10.1 Å². The molecule has 3 aliphatic heterocycles. The summed E-state index contributed by atoms with van der Waals surface area (Å²) >= 11 is 0. The fourth-order valence-electron chi connectivity index (χ4n) is 5.43. The first-order chi connectivity index (χ1) is 17.6. The van der Waals surface area contributed by atoms with Crippen LogP contribution in [0, 0.1) is 0 Å². The number of hydrogen-bond acceptors (Lipinski definition) is 6. The van der Waals surface area contributed by atoms with Gasteiger partial charge in [-0.05, 0) is 35.6 Å². The minimum Gasteiger partial charge on any atom is -0.489 e. The lowest BCUT2D eigenvalue weighted by Gasteiger charge is -2.49. The van der Waals surface area contributed by atoms with Crippen LogP contribution in [0.5, 0.6) is 5.75 Å². The maximum absolute atomic E-state index is 13.0. The number of hydrogen-bond donors (Lipinski definition) is 1. The highest BCUT2D eigenvalue weighted by atomic mass is 16.5. The Balaban J connectivity index is 1.23. The second-order valence-electron chi connectivity index (χ2n) is 10.9. The first kappa shape index (κ1) is 25.7. The van der Waals surface area contributed by atoms with E-state index in [4.69, 9.17) is 9.47 Å². The van der Waals surface area contributed by atoms with Crippen molar-refractivity contribution < 1.29 is 23.9 Å². The topological polar surface area (TPSA) is 88.2 Å². The molecule has 2 aromatic carbocycles. The van der Waals surface area contributed by atoms with Crippen LogP contribution >= 0.6 is 0 Å². The summed E-state index contributed by atoms with van der Waals surface area (Å²) in [6, 6.07) is 13.2. The van der Waals surface area contributed by atoms with Crippen LogP contribution in [-0.2, 0) is 34.0 Å². The lowest BCUT2D eigenvalue weighted by Crippen LogP contribution is -2.64. The van der Waals surface area contributed by atoms with Crippen molar-refractivity contribution in [3.63, 3.8) is 0 Å². The summed E-state index contributed by atoms with van der Waals surface area (Å²) in [5.74, 6) is 0.398. The minimum absolute atomic E-state index is 0.175. The molecule has 1 N–H and O–H groups in total. The average molecular weight is 497 g/mol. The first-order valence-electron chi connectivity index (χ1n) is 13.0. The third-order valence-electron chi connectivity index (χ3n) is 8.09. The predicted molar refractivity (Wildman–Crippen MR) is 149 cm³/mol. The molecule has 188 valence electrons. The van der Waals surface area contributed by atoms with Crippen molar-refractivity contribution in [1.29, 1.82) is 0 Å². The second-order valence-corrected chi connectivity index (χ2v) is 10.9. The number of carbonyl (C=O) groups is 3. The molecule has 5 rings (SSSR count). The fourth-order valence-corrected chi connectivity index (χ4v) is 5.43. The second kappa shape index (κ2) is 10.1. The zero-order valence-electron chi connectivity index (χ0n) is 22.0. The van der Waals surface area contributed by atoms with Crippen LogP contribution in [-0.4, -0.2) is 88.8 Å². The Morgan fingerprint density at radius 1 is 1.05 bits per heavy atom. The van der Waals surface area contributed by atoms with E-state index in [-0.39, 0.29) is 23.6 Å². The summed E-state index contributed by atoms with van der Waals surface area (Å²) in [5, 5.41) is 2.17. The molecule has 0 aromatic heterocycles. The molecule has 37 heavy (non-hydrogen) atoms. The third-order valence-corrected chi connectivity index (χ3v) is 8.09. The van der Waals surface area contributed by atoms with Crippen molar-refractivity contribution in [1.82, 2.24) is 15.1 Å². The van der Waals surface area contributed by atoms with Gasteiger partial charge in [-0.2, -0.15) is 0 Å². The van der Waals surface area contributed by atoms with E-state index in [1.807, 2.05) is 6.07 Å². The van der Waals surface area contributed by atoms with Crippen LogP contribution in [0.2, 0.25) is 0 Å². The summed E-state index contributed by atoms with van der Waals surface area (Å²) in [7, 11) is 8.73. The van der Waals surface area contributed by atoms with Gasteiger partial charge in [-0.25, -0.2) is 0 Å². The summed E-state index contributed by atoms with van der Waals surface area (Å²) in [5.41, 5.74) is 3.61. The summed E-state index contributed by atoms with van der Waals surface area (Å²) < 4.78 is 12.2. The maximum Gasteiger partial charge on any atom is 0.255 e. The summed E-state index contributed by atoms with van der Waals surface area (Å²) in [4.78, 5) is 40.9. The molecule has 0 aliphatic carbocycles. The van der Waals surface area contributed by atoms with Crippen LogP contribution in [0.15, 0.2) is 42.5 Å². The van der Waals surface area contributed by atoms with Gasteiger partial charge in [-0.3, -0.25) is 19.7 Å². The largest absolute Gasteiger partial charge is 0.489 e. The van der Waals surface area contributed by atoms with Gasteiger partial charge in [0, 0.05) is 35.4 Å². The Bertz CT molecular complexity index is 1230. The number of ether oxygens (including phenoxy) is 2. The number of nitrogens with one attached hydrogen (secondary N) is 1. The maximum atomic E-state index is 13.0. The predicted octanol–water partition coefficient (Wildman–Crippen LogP) is -2.30. The van der Waals surface area contributed by atoms with E-state index in [1.165, 1.54) is 5.56 Å². The molecule has 0 radical (unpaired) electrons. The Morgan fingerprint density at radius 2 is 1.78 bits per heavy atom. The number of morpholine rings is 1. The molecule has 8 nitrogen and oxygen atoms in total. The molecule has 3 aliphatic rings.